The lowest BCUT2D eigenvalue weighted by atomic mass is 9.62. The lowest BCUT2D eigenvalue weighted by Gasteiger charge is -2.38. The number of Topliss-reactive ketones (excluding diaryl/α,β-unsaturated/α-hetero) is 3. The number of allylic oxidation sites excluding steroid dienone is 4. The molecule has 0 unspecified atom stereocenters. The Balaban J connectivity index is 2.79. The molecule has 0 saturated heterocycles. The molecule has 5 heteroatoms. The van der Waals surface area contributed by atoms with Crippen molar-refractivity contribution < 1.29 is 24.6 Å². The van der Waals surface area contributed by atoms with E-state index in [0.717, 1.165) is 5.57 Å². The van der Waals surface area contributed by atoms with Gasteiger partial charge in [-0.2, -0.15) is 0 Å². The third-order valence-electron chi connectivity index (χ3n) is 6.56. The Kier molecular flexibility index (Phi) is 5.34. The Bertz CT molecular complexity index is 747. The molecule has 1 saturated carbocycles. The van der Waals surface area contributed by atoms with Gasteiger partial charge in [0.15, 0.2) is 17.3 Å². The molecule has 2 N–H and O–H groups in total. The maximum Gasteiger partial charge on any atom is 0.183 e. The molecule has 150 valence electrons. The van der Waals surface area contributed by atoms with Crippen molar-refractivity contribution in [2.24, 2.45) is 22.7 Å². The maximum atomic E-state index is 13.5. The molecule has 1 fully saturated rings. The number of hydrogen-bond acceptors (Lipinski definition) is 5. The number of rotatable bonds is 6. The van der Waals surface area contributed by atoms with E-state index >= 15 is 0 Å². The topological polar surface area (TPSA) is 91.7 Å². The van der Waals surface area contributed by atoms with Crippen molar-refractivity contribution in [3.05, 3.63) is 23.0 Å². The van der Waals surface area contributed by atoms with Crippen LogP contribution in [0.3, 0.4) is 0 Å². The molecule has 0 amide bonds. The highest BCUT2D eigenvalue weighted by Gasteiger charge is 2.71. The quantitative estimate of drug-likeness (QED) is 0.419. The van der Waals surface area contributed by atoms with Gasteiger partial charge in [-0.3, -0.25) is 14.4 Å². The molecule has 0 spiro atoms. The lowest BCUT2D eigenvalue weighted by Crippen LogP contribution is -2.52. The zero-order chi connectivity index (χ0) is 20.9. The van der Waals surface area contributed by atoms with Gasteiger partial charge in [-0.25, -0.2) is 0 Å². The predicted octanol–water partition coefficient (Wildman–Crippen LogP) is 3.71. The van der Waals surface area contributed by atoms with Crippen LogP contribution in [-0.4, -0.2) is 33.2 Å². The molecule has 0 radical (unpaired) electrons. The van der Waals surface area contributed by atoms with Gasteiger partial charge < -0.3 is 10.2 Å². The van der Waals surface area contributed by atoms with Crippen molar-refractivity contribution in [2.75, 3.05) is 0 Å². The second kappa shape index (κ2) is 6.69. The van der Waals surface area contributed by atoms with Crippen LogP contribution < -0.4 is 0 Å². The molecular formula is C22H32O5. The van der Waals surface area contributed by atoms with Gasteiger partial charge in [-0.05, 0) is 53.9 Å². The van der Waals surface area contributed by atoms with Gasteiger partial charge in [-0.1, -0.05) is 25.5 Å². The van der Waals surface area contributed by atoms with Crippen LogP contribution in [0.4, 0.5) is 0 Å². The van der Waals surface area contributed by atoms with Crippen molar-refractivity contribution in [1.82, 2.24) is 0 Å². The van der Waals surface area contributed by atoms with Crippen LogP contribution in [0.25, 0.3) is 0 Å². The fraction of sp³-hybridized carbons (Fsp3) is 0.682. The van der Waals surface area contributed by atoms with Crippen LogP contribution in [0.2, 0.25) is 0 Å². The Morgan fingerprint density at radius 2 is 1.89 bits per heavy atom. The predicted molar refractivity (Wildman–Crippen MR) is 103 cm³/mol. The number of carbonyl (C=O) groups is 3. The molecule has 2 aliphatic rings. The van der Waals surface area contributed by atoms with Crippen molar-refractivity contribution in [2.45, 2.75) is 73.3 Å². The molecule has 0 heterocycles. The maximum absolute atomic E-state index is 13.5. The third kappa shape index (κ3) is 3.00. The number of aliphatic hydroxyl groups is 2. The Hall–Kier alpha value is -1.75. The molecule has 27 heavy (non-hydrogen) atoms. The number of aliphatic hydroxyl groups excluding tert-OH is 1. The van der Waals surface area contributed by atoms with E-state index < -0.39 is 45.6 Å². The molecular weight excluding hydrogens is 344 g/mol. The smallest absolute Gasteiger partial charge is 0.183 e. The van der Waals surface area contributed by atoms with Gasteiger partial charge in [-0.15, -0.1) is 0 Å². The normalized spacial score (nSPS) is 31.9. The van der Waals surface area contributed by atoms with Gasteiger partial charge in [0.1, 0.15) is 11.3 Å². The summed E-state index contributed by atoms with van der Waals surface area (Å²) in [7, 11) is 0. The Morgan fingerprint density at radius 3 is 2.33 bits per heavy atom. The Morgan fingerprint density at radius 1 is 1.33 bits per heavy atom. The van der Waals surface area contributed by atoms with Gasteiger partial charge >= 0.3 is 0 Å². The van der Waals surface area contributed by atoms with Gasteiger partial charge in [0.2, 0.25) is 0 Å². The second-order valence-corrected chi connectivity index (χ2v) is 9.24. The number of carbonyl (C=O) groups excluding carboxylic acids is 3. The highest BCUT2D eigenvalue weighted by atomic mass is 16.3. The van der Waals surface area contributed by atoms with E-state index in [2.05, 4.69) is 0 Å². The second-order valence-electron chi connectivity index (χ2n) is 9.24. The largest absolute Gasteiger partial charge is 0.510 e. The zero-order valence-electron chi connectivity index (χ0n) is 17.5. The first kappa shape index (κ1) is 21.5. The monoisotopic (exact) mass is 376 g/mol. The molecule has 2 bridgehead atoms. The average Bonchev–Trinajstić information content (AvgIpc) is 2.77. The highest BCUT2D eigenvalue weighted by Crippen LogP contribution is 2.62. The van der Waals surface area contributed by atoms with Crippen molar-refractivity contribution in [3.63, 3.8) is 0 Å². The minimum Gasteiger partial charge on any atom is -0.510 e. The van der Waals surface area contributed by atoms with E-state index in [1.165, 1.54) is 6.92 Å². The van der Waals surface area contributed by atoms with Gasteiger partial charge in [0.05, 0.1) is 16.4 Å². The summed E-state index contributed by atoms with van der Waals surface area (Å²) in [5.74, 6) is -2.96. The summed E-state index contributed by atoms with van der Waals surface area (Å²) >= 11 is 0. The SMILES string of the molecule is CC[C@@H](C)C(=O)C1=C(O)[C@]2(CC=C(C)C)C[C@@H](C(C)(C)O)[C@](C)(C1=O)C2=O. The molecule has 0 aromatic rings. The molecule has 4 atom stereocenters. The Labute approximate surface area is 161 Å². The number of fused-ring (bicyclic) bond motifs is 2. The zero-order valence-corrected chi connectivity index (χ0v) is 17.5. The van der Waals surface area contributed by atoms with Crippen molar-refractivity contribution >= 4 is 17.3 Å². The molecule has 2 rings (SSSR count). The van der Waals surface area contributed by atoms with E-state index in [1.54, 1.807) is 20.8 Å². The summed E-state index contributed by atoms with van der Waals surface area (Å²) in [4.78, 5) is 39.7. The fourth-order valence-corrected chi connectivity index (χ4v) is 4.64. The average molecular weight is 376 g/mol. The fourth-order valence-electron chi connectivity index (χ4n) is 4.64. The number of hydrogen-bond donors (Lipinski definition) is 2. The summed E-state index contributed by atoms with van der Waals surface area (Å²) in [5.41, 5.74) is -3.41. The first-order valence-corrected chi connectivity index (χ1v) is 9.68. The first-order chi connectivity index (χ1) is 12.2. The van der Waals surface area contributed by atoms with Crippen LogP contribution in [-0.2, 0) is 14.4 Å². The molecule has 0 aromatic carbocycles. The van der Waals surface area contributed by atoms with E-state index in [1.807, 2.05) is 26.8 Å². The van der Waals surface area contributed by atoms with E-state index in [0.29, 0.717) is 6.42 Å². The lowest BCUT2D eigenvalue weighted by molar-refractivity contribution is -0.147. The van der Waals surface area contributed by atoms with Crippen LogP contribution in [0, 0.1) is 22.7 Å². The van der Waals surface area contributed by atoms with Crippen LogP contribution in [0.15, 0.2) is 23.0 Å². The summed E-state index contributed by atoms with van der Waals surface area (Å²) in [5, 5.41) is 21.8. The third-order valence-corrected chi connectivity index (χ3v) is 6.56. The summed E-state index contributed by atoms with van der Waals surface area (Å²) in [6.45, 7) is 12.0. The molecule has 5 nitrogen and oxygen atoms in total. The molecule has 0 aromatic heterocycles. The summed E-state index contributed by atoms with van der Waals surface area (Å²) < 4.78 is 0. The van der Waals surface area contributed by atoms with Crippen LogP contribution in [0.5, 0.6) is 0 Å². The van der Waals surface area contributed by atoms with E-state index in [9.17, 15) is 24.6 Å². The van der Waals surface area contributed by atoms with Crippen molar-refractivity contribution in [1.29, 1.82) is 0 Å². The van der Waals surface area contributed by atoms with Crippen molar-refractivity contribution in [3.8, 4) is 0 Å². The highest BCUT2D eigenvalue weighted by molar-refractivity contribution is 6.32. The van der Waals surface area contributed by atoms with E-state index in [-0.39, 0.29) is 24.2 Å². The first-order valence-electron chi connectivity index (χ1n) is 9.68. The molecule has 0 aliphatic heterocycles. The summed E-state index contributed by atoms with van der Waals surface area (Å²) in [6.07, 6.45) is 2.74. The summed E-state index contributed by atoms with van der Waals surface area (Å²) in [6, 6.07) is 0. The minimum absolute atomic E-state index is 0.143. The number of ketones is 3. The van der Waals surface area contributed by atoms with Gasteiger partial charge in [0, 0.05) is 11.8 Å². The van der Waals surface area contributed by atoms with E-state index in [4.69, 9.17) is 0 Å². The molecule has 2 aliphatic carbocycles. The minimum atomic E-state index is -1.52. The van der Waals surface area contributed by atoms with Gasteiger partial charge in [0.25, 0.3) is 0 Å². The van der Waals surface area contributed by atoms with Crippen LogP contribution in [0.1, 0.15) is 67.7 Å². The standard InChI is InChI=1S/C22H32O5/c1-8-13(4)16(23)15-17(24)21(7)14(20(5,6)27)11-22(18(15)25,19(21)26)10-9-12(2)3/h9,13-14,25,27H,8,10-11H2,1-7H3/t13-,14+,21-,22+/m1/s1. The van der Waals surface area contributed by atoms with Crippen LogP contribution >= 0.6 is 0 Å².